The zero-order valence-corrected chi connectivity index (χ0v) is 18.4. The van der Waals surface area contributed by atoms with Crippen molar-refractivity contribution in [1.29, 1.82) is 0 Å². The molecule has 0 saturated heterocycles. The summed E-state index contributed by atoms with van der Waals surface area (Å²) in [6.07, 6.45) is 2.85. The van der Waals surface area contributed by atoms with Gasteiger partial charge in [0.05, 0.1) is 6.61 Å². The number of hydrogen-bond donors (Lipinski definition) is 2. The van der Waals surface area contributed by atoms with Crippen LogP contribution in [0.3, 0.4) is 0 Å². The maximum absolute atomic E-state index is 12.5. The van der Waals surface area contributed by atoms with Gasteiger partial charge in [-0.3, -0.25) is 10.1 Å². The molecule has 6 heteroatoms. The number of benzene rings is 3. The van der Waals surface area contributed by atoms with Crippen LogP contribution in [0, 0.1) is 0 Å². The maximum Gasteiger partial charge on any atom is 0.257 e. The first-order valence-electron chi connectivity index (χ1n) is 9.63. The molecule has 0 aromatic heterocycles. The van der Waals surface area contributed by atoms with Crippen molar-refractivity contribution in [2.75, 3.05) is 12.9 Å². The Morgan fingerprint density at radius 1 is 0.967 bits per heavy atom. The Morgan fingerprint density at radius 2 is 1.73 bits per heavy atom. The Morgan fingerprint density at radius 3 is 2.47 bits per heavy atom. The predicted octanol–water partition coefficient (Wildman–Crippen LogP) is 4.83. The van der Waals surface area contributed by atoms with Crippen LogP contribution in [0.25, 0.3) is 0 Å². The highest BCUT2D eigenvalue weighted by Gasteiger charge is 2.09. The van der Waals surface area contributed by atoms with Crippen LogP contribution in [-0.4, -0.2) is 23.9 Å². The Hall–Kier alpha value is -2.83. The summed E-state index contributed by atoms with van der Waals surface area (Å²) in [6, 6.07) is 25.5. The van der Waals surface area contributed by atoms with Crippen molar-refractivity contribution >= 4 is 35.0 Å². The molecule has 2 N–H and O–H groups in total. The van der Waals surface area contributed by atoms with Crippen LogP contribution in [-0.2, 0) is 13.0 Å². The normalized spacial score (nSPS) is 10.3. The SMILES string of the molecule is CSc1ccc(CNC(=S)NC(=O)c2cccc(OCCc3ccccc3)c2)cc1. The molecule has 0 atom stereocenters. The van der Waals surface area contributed by atoms with Gasteiger partial charge in [0.1, 0.15) is 5.75 Å². The Labute approximate surface area is 187 Å². The van der Waals surface area contributed by atoms with Gasteiger partial charge >= 0.3 is 0 Å². The van der Waals surface area contributed by atoms with E-state index in [2.05, 4.69) is 34.9 Å². The number of ether oxygens (including phenoxy) is 1. The lowest BCUT2D eigenvalue weighted by atomic mass is 10.2. The topological polar surface area (TPSA) is 50.4 Å². The molecule has 0 saturated carbocycles. The second-order valence-corrected chi connectivity index (χ2v) is 7.88. The highest BCUT2D eigenvalue weighted by molar-refractivity contribution is 7.98. The quantitative estimate of drug-likeness (QED) is 0.391. The number of thioether (sulfide) groups is 1. The van der Waals surface area contributed by atoms with E-state index in [0.717, 1.165) is 12.0 Å². The number of nitrogens with one attached hydrogen (secondary N) is 2. The van der Waals surface area contributed by atoms with E-state index in [1.54, 1.807) is 30.0 Å². The third-order valence-corrected chi connectivity index (χ3v) is 5.43. The summed E-state index contributed by atoms with van der Waals surface area (Å²) in [5.74, 6) is 0.394. The number of amides is 1. The van der Waals surface area contributed by atoms with Gasteiger partial charge in [-0.25, -0.2) is 0 Å². The smallest absolute Gasteiger partial charge is 0.257 e. The first kappa shape index (κ1) is 21.9. The van der Waals surface area contributed by atoms with Gasteiger partial charge in [-0.15, -0.1) is 11.8 Å². The lowest BCUT2D eigenvalue weighted by Gasteiger charge is -2.11. The molecule has 154 valence electrons. The molecule has 30 heavy (non-hydrogen) atoms. The molecule has 0 fully saturated rings. The number of carbonyl (C=O) groups is 1. The number of hydrogen-bond acceptors (Lipinski definition) is 4. The van der Waals surface area contributed by atoms with Crippen LogP contribution in [0.15, 0.2) is 83.8 Å². The van der Waals surface area contributed by atoms with Crippen molar-refractivity contribution in [3.8, 4) is 5.75 Å². The van der Waals surface area contributed by atoms with Gasteiger partial charge in [0.15, 0.2) is 5.11 Å². The molecule has 0 unspecified atom stereocenters. The van der Waals surface area contributed by atoms with Gasteiger partial charge in [0, 0.05) is 23.4 Å². The van der Waals surface area contributed by atoms with E-state index < -0.39 is 0 Å². The number of rotatable bonds is 8. The van der Waals surface area contributed by atoms with Crippen LogP contribution in [0.2, 0.25) is 0 Å². The van der Waals surface area contributed by atoms with Crippen molar-refractivity contribution in [3.63, 3.8) is 0 Å². The van der Waals surface area contributed by atoms with Gasteiger partial charge < -0.3 is 10.1 Å². The molecule has 3 aromatic rings. The standard InChI is InChI=1S/C24H24N2O2S2/c1-30-22-12-10-19(11-13-22)17-25-24(29)26-23(27)20-8-5-9-21(16-20)28-15-14-18-6-3-2-4-7-18/h2-13,16H,14-15,17H2,1H3,(H2,25,26,27,29). The molecule has 0 aliphatic heterocycles. The number of thiocarbonyl (C=S) groups is 1. The minimum atomic E-state index is -0.265. The van der Waals surface area contributed by atoms with E-state index in [-0.39, 0.29) is 5.91 Å². The Kier molecular flexibility index (Phi) is 8.30. The van der Waals surface area contributed by atoms with Crippen LogP contribution in [0.1, 0.15) is 21.5 Å². The molecular weight excluding hydrogens is 412 g/mol. The monoisotopic (exact) mass is 436 g/mol. The van der Waals surface area contributed by atoms with E-state index in [1.165, 1.54) is 10.5 Å². The lowest BCUT2D eigenvalue weighted by Crippen LogP contribution is -2.38. The van der Waals surface area contributed by atoms with E-state index in [4.69, 9.17) is 17.0 Å². The predicted molar refractivity (Wildman–Crippen MR) is 127 cm³/mol. The molecule has 1 amide bonds. The van der Waals surface area contributed by atoms with Gasteiger partial charge in [0.25, 0.3) is 5.91 Å². The van der Waals surface area contributed by atoms with Gasteiger partial charge in [-0.1, -0.05) is 48.5 Å². The second kappa shape index (κ2) is 11.4. The van der Waals surface area contributed by atoms with Crippen LogP contribution in [0.4, 0.5) is 0 Å². The first-order valence-corrected chi connectivity index (χ1v) is 11.3. The summed E-state index contributed by atoms with van der Waals surface area (Å²) in [5, 5.41) is 6.08. The van der Waals surface area contributed by atoms with E-state index >= 15 is 0 Å². The molecule has 0 spiro atoms. The van der Waals surface area contributed by atoms with Crippen molar-refractivity contribution in [3.05, 3.63) is 95.6 Å². The highest BCUT2D eigenvalue weighted by Crippen LogP contribution is 2.15. The summed E-state index contributed by atoms with van der Waals surface area (Å²) >= 11 is 6.96. The largest absolute Gasteiger partial charge is 0.493 e. The summed E-state index contributed by atoms with van der Waals surface area (Å²) < 4.78 is 5.80. The third kappa shape index (κ3) is 6.90. The van der Waals surface area contributed by atoms with E-state index in [9.17, 15) is 4.79 Å². The van der Waals surface area contributed by atoms with E-state index in [1.807, 2.05) is 42.7 Å². The molecule has 0 heterocycles. The summed E-state index contributed by atoms with van der Waals surface area (Å²) in [6.45, 7) is 1.10. The van der Waals surface area contributed by atoms with Crippen molar-refractivity contribution in [2.45, 2.75) is 17.9 Å². The molecule has 3 rings (SSSR count). The fraction of sp³-hybridized carbons (Fsp3) is 0.167. The van der Waals surface area contributed by atoms with E-state index in [0.29, 0.717) is 29.6 Å². The average molecular weight is 437 g/mol. The first-order chi connectivity index (χ1) is 14.6. The third-order valence-electron chi connectivity index (χ3n) is 4.44. The Bertz CT molecular complexity index is 976. The summed E-state index contributed by atoms with van der Waals surface area (Å²) in [7, 11) is 0. The van der Waals surface area contributed by atoms with Gasteiger partial charge in [0.2, 0.25) is 0 Å². The van der Waals surface area contributed by atoms with Crippen LogP contribution >= 0.6 is 24.0 Å². The molecule has 0 bridgehead atoms. The maximum atomic E-state index is 12.5. The van der Waals surface area contributed by atoms with Crippen LogP contribution in [0.5, 0.6) is 5.75 Å². The van der Waals surface area contributed by atoms with Crippen molar-refractivity contribution in [1.82, 2.24) is 10.6 Å². The number of carbonyl (C=O) groups excluding carboxylic acids is 1. The molecule has 3 aromatic carbocycles. The molecule has 4 nitrogen and oxygen atoms in total. The highest BCUT2D eigenvalue weighted by atomic mass is 32.2. The van der Waals surface area contributed by atoms with Gasteiger partial charge in [-0.2, -0.15) is 0 Å². The fourth-order valence-corrected chi connectivity index (χ4v) is 3.38. The zero-order chi connectivity index (χ0) is 21.2. The second-order valence-electron chi connectivity index (χ2n) is 6.60. The van der Waals surface area contributed by atoms with Crippen molar-refractivity contribution in [2.24, 2.45) is 0 Å². The summed E-state index contributed by atoms with van der Waals surface area (Å²) in [5.41, 5.74) is 2.81. The lowest BCUT2D eigenvalue weighted by molar-refractivity contribution is 0.0976. The molecule has 0 aliphatic rings. The minimum absolute atomic E-state index is 0.265. The molecule has 0 aliphatic carbocycles. The molecule has 0 radical (unpaired) electrons. The average Bonchev–Trinajstić information content (AvgIpc) is 2.79. The zero-order valence-electron chi connectivity index (χ0n) is 16.8. The van der Waals surface area contributed by atoms with Gasteiger partial charge in [-0.05, 0) is 59.9 Å². The fourth-order valence-electron chi connectivity index (χ4n) is 2.80. The van der Waals surface area contributed by atoms with Crippen molar-refractivity contribution < 1.29 is 9.53 Å². The molecular formula is C24H24N2O2S2. The minimum Gasteiger partial charge on any atom is -0.493 e. The Balaban J connectivity index is 1.47. The van der Waals surface area contributed by atoms with Crippen LogP contribution < -0.4 is 15.4 Å². The summed E-state index contributed by atoms with van der Waals surface area (Å²) in [4.78, 5) is 13.7.